The molecule has 4 heteroatoms. The average molecular weight is 390 g/mol. The first-order valence-corrected chi connectivity index (χ1v) is 11.2. The maximum absolute atomic E-state index is 12.5. The molecular weight excluding hydrogens is 358 g/mol. The van der Waals surface area contributed by atoms with Gasteiger partial charge in [0.1, 0.15) is 0 Å². The summed E-state index contributed by atoms with van der Waals surface area (Å²) in [5.41, 5.74) is 4.54. The molecular formula is C25H31N3O. The van der Waals surface area contributed by atoms with Crippen LogP contribution < -0.4 is 5.32 Å². The number of carbonyl (C=O) groups is 1. The summed E-state index contributed by atoms with van der Waals surface area (Å²) in [6.45, 7) is 4.13. The molecule has 0 bridgehead atoms. The van der Waals surface area contributed by atoms with Crippen LogP contribution in [0.2, 0.25) is 0 Å². The summed E-state index contributed by atoms with van der Waals surface area (Å²) in [7, 11) is 0. The fraction of sp³-hybridized carbons (Fsp3) is 0.520. The highest BCUT2D eigenvalue weighted by Crippen LogP contribution is 2.52. The lowest BCUT2D eigenvalue weighted by Gasteiger charge is -2.40. The molecule has 2 aliphatic carbocycles. The number of carbonyl (C=O) groups excluding carboxylic acids is 1. The molecule has 1 amide bonds. The lowest BCUT2D eigenvalue weighted by Crippen LogP contribution is -2.41. The molecule has 1 aromatic carbocycles. The fourth-order valence-electron chi connectivity index (χ4n) is 5.44. The summed E-state index contributed by atoms with van der Waals surface area (Å²) in [5, 5.41) is 3.18. The Bertz CT molecular complexity index is 853. The molecule has 1 spiro atoms. The van der Waals surface area contributed by atoms with E-state index in [1.54, 1.807) is 0 Å². The van der Waals surface area contributed by atoms with Crippen molar-refractivity contribution in [2.24, 2.45) is 5.92 Å². The van der Waals surface area contributed by atoms with Crippen molar-refractivity contribution in [3.8, 4) is 0 Å². The molecule has 2 heterocycles. The number of hydrogen-bond acceptors (Lipinski definition) is 3. The van der Waals surface area contributed by atoms with Crippen LogP contribution in [0.5, 0.6) is 0 Å². The van der Waals surface area contributed by atoms with E-state index >= 15 is 0 Å². The van der Waals surface area contributed by atoms with E-state index in [2.05, 4.69) is 51.6 Å². The third kappa shape index (κ3) is 4.09. The Morgan fingerprint density at radius 2 is 1.86 bits per heavy atom. The van der Waals surface area contributed by atoms with Gasteiger partial charge in [0.25, 0.3) is 0 Å². The van der Waals surface area contributed by atoms with Gasteiger partial charge in [-0.25, -0.2) is 0 Å². The Labute approximate surface area is 173 Å². The number of rotatable bonds is 6. The van der Waals surface area contributed by atoms with Crippen LogP contribution in [0, 0.1) is 5.92 Å². The van der Waals surface area contributed by atoms with Crippen LogP contribution in [0.4, 0.5) is 0 Å². The van der Waals surface area contributed by atoms with Crippen LogP contribution in [-0.4, -0.2) is 35.4 Å². The molecule has 1 unspecified atom stereocenters. The molecule has 3 aliphatic rings. The van der Waals surface area contributed by atoms with Gasteiger partial charge in [-0.05, 0) is 91.3 Å². The van der Waals surface area contributed by atoms with Crippen molar-refractivity contribution in [3.05, 3.63) is 65.5 Å². The quantitative estimate of drug-likeness (QED) is 0.812. The number of hydrogen-bond donors (Lipinski definition) is 1. The largest absolute Gasteiger partial charge is 0.356 e. The Morgan fingerprint density at radius 1 is 1.10 bits per heavy atom. The molecule has 0 radical (unpaired) electrons. The molecule has 29 heavy (non-hydrogen) atoms. The fourth-order valence-corrected chi connectivity index (χ4v) is 5.44. The first-order chi connectivity index (χ1) is 14.2. The summed E-state index contributed by atoms with van der Waals surface area (Å²) in [6, 6.07) is 13.2. The van der Waals surface area contributed by atoms with E-state index in [1.165, 1.54) is 42.4 Å². The summed E-state index contributed by atoms with van der Waals surface area (Å²) in [4.78, 5) is 19.2. The Hall–Kier alpha value is -2.20. The highest BCUT2D eigenvalue weighted by molar-refractivity contribution is 5.77. The molecule has 4 nitrogen and oxygen atoms in total. The van der Waals surface area contributed by atoms with E-state index in [1.807, 2.05) is 12.4 Å². The third-order valence-electron chi connectivity index (χ3n) is 7.29. The van der Waals surface area contributed by atoms with Gasteiger partial charge in [0.15, 0.2) is 0 Å². The van der Waals surface area contributed by atoms with Gasteiger partial charge in [0.05, 0.1) is 0 Å². The predicted octanol–water partition coefficient (Wildman–Crippen LogP) is 4.02. The summed E-state index contributed by atoms with van der Waals surface area (Å²) >= 11 is 0. The molecule has 1 atom stereocenters. The van der Waals surface area contributed by atoms with E-state index in [4.69, 9.17) is 0 Å². The van der Waals surface area contributed by atoms with Crippen LogP contribution in [0.1, 0.15) is 61.1 Å². The number of nitrogens with one attached hydrogen (secondary N) is 1. The van der Waals surface area contributed by atoms with Crippen molar-refractivity contribution in [2.45, 2.75) is 56.4 Å². The van der Waals surface area contributed by atoms with Crippen molar-refractivity contribution in [1.82, 2.24) is 15.2 Å². The van der Waals surface area contributed by atoms with Gasteiger partial charge in [-0.2, -0.15) is 0 Å². The van der Waals surface area contributed by atoms with Gasteiger partial charge in [-0.1, -0.05) is 24.3 Å². The summed E-state index contributed by atoms with van der Waals surface area (Å²) in [6.07, 6.45) is 10.5. The van der Waals surface area contributed by atoms with Crippen molar-refractivity contribution in [3.63, 3.8) is 0 Å². The molecule has 2 fully saturated rings. The first-order valence-electron chi connectivity index (χ1n) is 11.2. The third-order valence-corrected chi connectivity index (χ3v) is 7.29. The maximum atomic E-state index is 12.5. The summed E-state index contributed by atoms with van der Waals surface area (Å²) in [5.74, 6) is 1.35. The van der Waals surface area contributed by atoms with E-state index < -0.39 is 0 Å². The zero-order valence-electron chi connectivity index (χ0n) is 17.1. The van der Waals surface area contributed by atoms with Crippen LogP contribution in [0.3, 0.4) is 0 Å². The molecule has 1 aliphatic heterocycles. The number of piperidine rings is 1. The molecule has 1 N–H and O–H groups in total. The second kappa shape index (κ2) is 7.91. The smallest absolute Gasteiger partial charge is 0.220 e. The van der Waals surface area contributed by atoms with Gasteiger partial charge in [-0.3, -0.25) is 14.7 Å². The number of fused-ring (bicyclic) bond motifs is 2. The number of likely N-dealkylation sites (tertiary alicyclic amines) is 1. The summed E-state index contributed by atoms with van der Waals surface area (Å²) < 4.78 is 0. The van der Waals surface area contributed by atoms with Gasteiger partial charge in [-0.15, -0.1) is 0 Å². The van der Waals surface area contributed by atoms with Crippen LogP contribution in [0.25, 0.3) is 0 Å². The van der Waals surface area contributed by atoms with E-state index in [9.17, 15) is 4.79 Å². The van der Waals surface area contributed by atoms with E-state index in [0.717, 1.165) is 38.5 Å². The van der Waals surface area contributed by atoms with E-state index in [0.29, 0.717) is 12.3 Å². The standard InChI is InChI=1S/C25H31N3O/c29-24(27-17-19-5-6-19)15-21-16-25(23-4-2-1-3-22(21)23)9-13-28(14-10-25)18-20-7-11-26-12-8-20/h1-4,7-8,11-12,19,21H,5-6,9-10,13-18H2,(H,27,29). The normalized spacial score (nSPS) is 23.1. The van der Waals surface area contributed by atoms with Crippen molar-refractivity contribution < 1.29 is 4.79 Å². The Kier molecular flexibility index (Phi) is 5.13. The van der Waals surface area contributed by atoms with Crippen molar-refractivity contribution in [1.29, 1.82) is 0 Å². The highest BCUT2D eigenvalue weighted by atomic mass is 16.1. The first kappa shape index (κ1) is 18.8. The van der Waals surface area contributed by atoms with Crippen molar-refractivity contribution >= 4 is 5.91 Å². The number of amides is 1. The van der Waals surface area contributed by atoms with Crippen LogP contribution >= 0.6 is 0 Å². The van der Waals surface area contributed by atoms with Gasteiger partial charge in [0.2, 0.25) is 5.91 Å². The lowest BCUT2D eigenvalue weighted by atomic mass is 9.73. The molecule has 5 rings (SSSR count). The second-order valence-electron chi connectivity index (χ2n) is 9.35. The molecule has 1 aromatic heterocycles. The second-order valence-corrected chi connectivity index (χ2v) is 9.35. The minimum Gasteiger partial charge on any atom is -0.356 e. The van der Waals surface area contributed by atoms with Crippen molar-refractivity contribution in [2.75, 3.05) is 19.6 Å². The van der Waals surface area contributed by atoms with Gasteiger partial charge < -0.3 is 5.32 Å². The Morgan fingerprint density at radius 3 is 2.62 bits per heavy atom. The molecule has 152 valence electrons. The monoisotopic (exact) mass is 389 g/mol. The maximum Gasteiger partial charge on any atom is 0.220 e. The van der Waals surface area contributed by atoms with E-state index in [-0.39, 0.29) is 11.3 Å². The molecule has 2 aromatic rings. The minimum absolute atomic E-state index is 0.240. The topological polar surface area (TPSA) is 45.2 Å². The number of aromatic nitrogens is 1. The lowest BCUT2D eigenvalue weighted by molar-refractivity contribution is -0.121. The van der Waals surface area contributed by atoms with Gasteiger partial charge >= 0.3 is 0 Å². The predicted molar refractivity (Wildman–Crippen MR) is 115 cm³/mol. The van der Waals surface area contributed by atoms with Gasteiger partial charge in [0, 0.05) is 31.9 Å². The zero-order chi connectivity index (χ0) is 19.7. The SMILES string of the molecule is O=C(CC1CC2(CCN(Cc3ccncc3)CC2)c2ccccc21)NCC1CC1. The highest BCUT2D eigenvalue weighted by Gasteiger charge is 2.45. The zero-order valence-corrected chi connectivity index (χ0v) is 17.1. The average Bonchev–Trinajstić information content (AvgIpc) is 3.54. The minimum atomic E-state index is 0.240. The van der Waals surface area contributed by atoms with Crippen LogP contribution in [0.15, 0.2) is 48.8 Å². The number of nitrogens with zero attached hydrogens (tertiary/aromatic N) is 2. The Balaban J connectivity index is 1.25. The molecule has 1 saturated heterocycles. The molecule has 1 saturated carbocycles. The van der Waals surface area contributed by atoms with Crippen LogP contribution in [-0.2, 0) is 16.8 Å². The number of pyridine rings is 1. The number of benzene rings is 1.